The SMILES string of the molecule is Cc1ccc(-n2nc3c(c2NC(=O)c2c(-c4ccccc4Cl)noc2C)CSC3)c(C)c1. The van der Waals surface area contributed by atoms with Gasteiger partial charge in [-0.05, 0) is 38.5 Å². The molecule has 0 unspecified atom stereocenters. The number of aryl methyl sites for hydroxylation is 3. The second-order valence-electron chi connectivity index (χ2n) is 7.86. The molecule has 1 aliphatic heterocycles. The summed E-state index contributed by atoms with van der Waals surface area (Å²) in [4.78, 5) is 13.5. The van der Waals surface area contributed by atoms with Gasteiger partial charge < -0.3 is 9.84 Å². The lowest BCUT2D eigenvalue weighted by Crippen LogP contribution is -2.17. The Bertz CT molecular complexity index is 1360. The molecule has 1 aliphatic rings. The number of rotatable bonds is 4. The molecular formula is C24H21ClN4O2S. The number of halogens is 1. The van der Waals surface area contributed by atoms with Gasteiger partial charge in [0.15, 0.2) is 0 Å². The van der Waals surface area contributed by atoms with Gasteiger partial charge in [0.1, 0.15) is 22.8 Å². The monoisotopic (exact) mass is 464 g/mol. The number of aromatic nitrogens is 3. The van der Waals surface area contributed by atoms with Gasteiger partial charge in [-0.1, -0.05) is 52.7 Å². The third-order valence-corrected chi connectivity index (χ3v) is 6.88. The first kappa shape index (κ1) is 20.8. The van der Waals surface area contributed by atoms with E-state index >= 15 is 0 Å². The molecule has 0 spiro atoms. The smallest absolute Gasteiger partial charge is 0.262 e. The number of nitrogens with one attached hydrogen (secondary N) is 1. The van der Waals surface area contributed by atoms with Crippen LogP contribution < -0.4 is 5.32 Å². The summed E-state index contributed by atoms with van der Waals surface area (Å²) in [5.74, 6) is 2.45. The Morgan fingerprint density at radius 2 is 1.97 bits per heavy atom. The van der Waals surface area contributed by atoms with E-state index in [1.807, 2.05) is 28.9 Å². The largest absolute Gasteiger partial charge is 0.360 e. The van der Waals surface area contributed by atoms with Crippen LogP contribution in [-0.4, -0.2) is 20.8 Å². The van der Waals surface area contributed by atoms with Gasteiger partial charge in [-0.25, -0.2) is 4.68 Å². The maximum atomic E-state index is 13.5. The van der Waals surface area contributed by atoms with E-state index in [0.29, 0.717) is 33.4 Å². The molecule has 1 N–H and O–H groups in total. The van der Waals surface area contributed by atoms with Crippen molar-refractivity contribution in [1.82, 2.24) is 14.9 Å². The van der Waals surface area contributed by atoms with Gasteiger partial charge in [0.25, 0.3) is 5.91 Å². The van der Waals surface area contributed by atoms with Crippen molar-refractivity contribution >= 4 is 35.1 Å². The van der Waals surface area contributed by atoms with Crippen molar-refractivity contribution in [3.05, 3.63) is 81.2 Å². The standard InChI is InChI=1S/C24H21ClN4O2S/c1-13-8-9-20(14(2)10-13)29-23(17-11-32-12-19(17)27-29)26-24(30)21-15(3)31-28-22(21)16-6-4-5-7-18(16)25/h4-10H,11-12H2,1-3H3,(H,26,30). The van der Waals surface area contributed by atoms with E-state index in [4.69, 9.17) is 21.2 Å². The van der Waals surface area contributed by atoms with Crippen molar-refractivity contribution in [3.63, 3.8) is 0 Å². The molecule has 1 amide bonds. The van der Waals surface area contributed by atoms with Gasteiger partial charge >= 0.3 is 0 Å². The van der Waals surface area contributed by atoms with E-state index in [1.54, 1.807) is 24.8 Å². The molecule has 5 rings (SSSR count). The van der Waals surface area contributed by atoms with Crippen LogP contribution in [0.1, 0.15) is 38.5 Å². The van der Waals surface area contributed by atoms with Gasteiger partial charge in [0.2, 0.25) is 0 Å². The number of nitrogens with zero attached hydrogens (tertiary/aromatic N) is 3. The number of carbonyl (C=O) groups is 1. The van der Waals surface area contributed by atoms with Crippen molar-refractivity contribution in [3.8, 4) is 16.9 Å². The summed E-state index contributed by atoms with van der Waals surface area (Å²) in [7, 11) is 0. The molecular weight excluding hydrogens is 444 g/mol. The molecule has 32 heavy (non-hydrogen) atoms. The molecule has 4 aromatic rings. The number of anilines is 1. The van der Waals surface area contributed by atoms with Gasteiger partial charge in [0.05, 0.1) is 16.4 Å². The number of hydrogen-bond donors (Lipinski definition) is 1. The Balaban J connectivity index is 1.58. The molecule has 162 valence electrons. The fourth-order valence-corrected chi connectivity index (χ4v) is 5.27. The predicted molar refractivity (Wildman–Crippen MR) is 128 cm³/mol. The highest BCUT2D eigenvalue weighted by Gasteiger charge is 2.28. The first-order valence-electron chi connectivity index (χ1n) is 10.2. The van der Waals surface area contributed by atoms with Crippen LogP contribution in [0.15, 0.2) is 47.0 Å². The molecule has 8 heteroatoms. The highest BCUT2D eigenvalue weighted by atomic mass is 35.5. The topological polar surface area (TPSA) is 73.0 Å². The van der Waals surface area contributed by atoms with Gasteiger partial charge in [-0.3, -0.25) is 4.79 Å². The molecule has 2 aromatic carbocycles. The number of hydrogen-bond acceptors (Lipinski definition) is 5. The van der Waals surface area contributed by atoms with Crippen LogP contribution in [0.25, 0.3) is 16.9 Å². The second kappa shape index (κ2) is 8.15. The Hall–Kier alpha value is -3.03. The first-order valence-corrected chi connectivity index (χ1v) is 11.8. The lowest BCUT2D eigenvalue weighted by atomic mass is 10.1. The van der Waals surface area contributed by atoms with E-state index < -0.39 is 0 Å². The average Bonchev–Trinajstić information content (AvgIpc) is 3.45. The Kier molecular flexibility index (Phi) is 5.31. The van der Waals surface area contributed by atoms with E-state index in [-0.39, 0.29) is 5.91 Å². The van der Waals surface area contributed by atoms with Crippen molar-refractivity contribution in [2.45, 2.75) is 32.3 Å². The average molecular weight is 465 g/mol. The lowest BCUT2D eigenvalue weighted by Gasteiger charge is -2.14. The minimum atomic E-state index is -0.302. The second-order valence-corrected chi connectivity index (χ2v) is 9.26. The summed E-state index contributed by atoms with van der Waals surface area (Å²) in [5.41, 5.74) is 6.71. The molecule has 0 aliphatic carbocycles. The van der Waals surface area contributed by atoms with Crippen molar-refractivity contribution in [2.75, 3.05) is 5.32 Å². The van der Waals surface area contributed by atoms with Crippen molar-refractivity contribution in [2.24, 2.45) is 0 Å². The Morgan fingerprint density at radius 3 is 2.75 bits per heavy atom. The highest BCUT2D eigenvalue weighted by Crippen LogP contribution is 2.38. The number of carbonyl (C=O) groups excluding carboxylic acids is 1. The number of amides is 1. The molecule has 0 saturated carbocycles. The summed E-state index contributed by atoms with van der Waals surface area (Å²) in [6.45, 7) is 5.84. The fourth-order valence-electron chi connectivity index (χ4n) is 4.01. The summed E-state index contributed by atoms with van der Waals surface area (Å²) < 4.78 is 7.23. The minimum absolute atomic E-state index is 0.302. The minimum Gasteiger partial charge on any atom is -0.360 e. The van der Waals surface area contributed by atoms with E-state index in [1.165, 1.54) is 5.56 Å². The van der Waals surface area contributed by atoms with Crippen LogP contribution in [0.4, 0.5) is 5.82 Å². The summed E-state index contributed by atoms with van der Waals surface area (Å²) >= 11 is 8.16. The molecule has 3 heterocycles. The van der Waals surface area contributed by atoms with Gasteiger partial charge in [-0.2, -0.15) is 16.9 Å². The Morgan fingerprint density at radius 1 is 1.16 bits per heavy atom. The normalized spacial score (nSPS) is 12.8. The lowest BCUT2D eigenvalue weighted by molar-refractivity contribution is 0.102. The summed E-state index contributed by atoms with van der Waals surface area (Å²) in [6.07, 6.45) is 0. The number of thioether (sulfide) groups is 1. The van der Waals surface area contributed by atoms with Crippen LogP contribution in [0.3, 0.4) is 0 Å². The predicted octanol–water partition coefficient (Wildman–Crippen LogP) is 6.11. The third-order valence-electron chi connectivity index (χ3n) is 5.58. The molecule has 2 aromatic heterocycles. The van der Waals surface area contributed by atoms with Crippen LogP contribution in [0.2, 0.25) is 5.02 Å². The van der Waals surface area contributed by atoms with Crippen LogP contribution in [-0.2, 0) is 11.5 Å². The Labute approximate surface area is 194 Å². The summed E-state index contributed by atoms with van der Waals surface area (Å²) in [5, 5.41) is 12.6. The fraction of sp³-hybridized carbons (Fsp3) is 0.208. The van der Waals surface area contributed by atoms with Crippen LogP contribution in [0, 0.1) is 20.8 Å². The van der Waals surface area contributed by atoms with E-state index in [0.717, 1.165) is 34.0 Å². The van der Waals surface area contributed by atoms with Gasteiger partial charge in [-0.15, -0.1) is 0 Å². The zero-order valence-corrected chi connectivity index (χ0v) is 19.5. The maximum Gasteiger partial charge on any atom is 0.262 e. The third kappa shape index (κ3) is 3.51. The molecule has 6 nitrogen and oxygen atoms in total. The molecule has 0 saturated heterocycles. The van der Waals surface area contributed by atoms with Crippen LogP contribution >= 0.6 is 23.4 Å². The maximum absolute atomic E-state index is 13.5. The zero-order valence-electron chi connectivity index (χ0n) is 17.9. The summed E-state index contributed by atoms with van der Waals surface area (Å²) in [6, 6.07) is 13.5. The van der Waals surface area contributed by atoms with Crippen molar-refractivity contribution < 1.29 is 9.32 Å². The van der Waals surface area contributed by atoms with Crippen molar-refractivity contribution in [1.29, 1.82) is 0 Å². The number of fused-ring (bicyclic) bond motifs is 1. The first-order chi connectivity index (χ1) is 15.4. The quantitative estimate of drug-likeness (QED) is 0.394. The molecule has 0 fully saturated rings. The molecule has 0 bridgehead atoms. The number of benzene rings is 2. The van der Waals surface area contributed by atoms with Gasteiger partial charge in [0, 0.05) is 22.6 Å². The van der Waals surface area contributed by atoms with E-state index in [2.05, 4.69) is 36.5 Å². The highest BCUT2D eigenvalue weighted by molar-refractivity contribution is 7.98. The zero-order chi connectivity index (χ0) is 22.4. The molecule has 0 atom stereocenters. The van der Waals surface area contributed by atoms with E-state index in [9.17, 15) is 4.79 Å². The molecule has 0 radical (unpaired) electrons. The van der Waals surface area contributed by atoms with Crippen LogP contribution in [0.5, 0.6) is 0 Å².